The standard InChI is InChI=1S/C27H30ClN7O2S/c1-18-8-5-6-9-21(18)25-19(2)26(31-27(30-25)32-38(36)20-16-29-34(4)17-20)37-23-11-7-10-22(24(23)28)35-14-12-33(3)13-15-35/h5-11,16-17H,12-15H2,1-4H3,(H,30,31,32). The van der Waals surface area contributed by atoms with Crippen molar-refractivity contribution in [2.45, 2.75) is 18.7 Å². The summed E-state index contributed by atoms with van der Waals surface area (Å²) in [5, 5.41) is 4.63. The summed E-state index contributed by atoms with van der Waals surface area (Å²) in [6, 6.07) is 13.7. The van der Waals surface area contributed by atoms with Crippen molar-refractivity contribution in [3.05, 3.63) is 71.0 Å². The topological polar surface area (TPSA) is 88.4 Å². The molecule has 1 N–H and O–H groups in total. The third-order valence-electron chi connectivity index (χ3n) is 6.57. The molecule has 0 radical (unpaired) electrons. The Bertz CT molecular complexity index is 1480. The molecule has 0 saturated carbocycles. The van der Waals surface area contributed by atoms with Gasteiger partial charge < -0.3 is 14.5 Å². The van der Waals surface area contributed by atoms with Crippen LogP contribution < -0.4 is 14.4 Å². The molecule has 0 bridgehead atoms. The predicted molar refractivity (Wildman–Crippen MR) is 151 cm³/mol. The number of rotatable bonds is 7. The van der Waals surface area contributed by atoms with Crippen molar-refractivity contribution >= 4 is 34.2 Å². The summed E-state index contributed by atoms with van der Waals surface area (Å²) in [6.07, 6.45) is 3.22. The second kappa shape index (κ2) is 11.1. The average Bonchev–Trinajstić information content (AvgIpc) is 3.34. The van der Waals surface area contributed by atoms with Crippen molar-refractivity contribution < 1.29 is 8.95 Å². The van der Waals surface area contributed by atoms with E-state index in [0.717, 1.165) is 48.6 Å². The van der Waals surface area contributed by atoms with E-state index in [2.05, 4.69) is 31.7 Å². The van der Waals surface area contributed by atoms with Gasteiger partial charge in [-0.25, -0.2) is 9.19 Å². The first kappa shape index (κ1) is 26.1. The number of nitrogens with one attached hydrogen (secondary N) is 1. The summed E-state index contributed by atoms with van der Waals surface area (Å²) in [4.78, 5) is 14.4. The summed E-state index contributed by atoms with van der Waals surface area (Å²) in [7, 11) is 2.28. The van der Waals surface area contributed by atoms with Crippen LogP contribution >= 0.6 is 11.6 Å². The summed E-state index contributed by atoms with van der Waals surface area (Å²) >= 11 is 6.87. The maximum absolute atomic E-state index is 13.0. The minimum absolute atomic E-state index is 0.178. The zero-order valence-electron chi connectivity index (χ0n) is 21.8. The fraction of sp³-hybridized carbons (Fsp3) is 0.296. The minimum Gasteiger partial charge on any atom is -0.437 e. The molecule has 9 nitrogen and oxygen atoms in total. The smallest absolute Gasteiger partial charge is 0.238 e. The first-order valence-electron chi connectivity index (χ1n) is 12.3. The molecule has 1 saturated heterocycles. The maximum atomic E-state index is 13.0. The number of ether oxygens (including phenoxy) is 1. The molecule has 1 aliphatic heterocycles. The number of likely N-dealkylation sites (N-methyl/N-ethyl adjacent to an activating group) is 1. The second-order valence-electron chi connectivity index (χ2n) is 9.34. The number of aromatic nitrogens is 4. The molecule has 1 unspecified atom stereocenters. The Morgan fingerprint density at radius 2 is 1.76 bits per heavy atom. The van der Waals surface area contributed by atoms with Crippen LogP contribution in [-0.4, -0.2) is 62.1 Å². The number of hydrogen-bond donors (Lipinski definition) is 1. The van der Waals surface area contributed by atoms with E-state index in [4.69, 9.17) is 21.3 Å². The minimum atomic E-state index is -1.61. The van der Waals surface area contributed by atoms with Gasteiger partial charge in [-0.2, -0.15) is 10.1 Å². The van der Waals surface area contributed by atoms with Crippen molar-refractivity contribution in [1.82, 2.24) is 24.6 Å². The third kappa shape index (κ3) is 5.52. The number of hydrogen-bond acceptors (Lipinski definition) is 7. The fourth-order valence-corrected chi connectivity index (χ4v) is 5.40. The lowest BCUT2D eigenvalue weighted by Gasteiger charge is -2.34. The Kier molecular flexibility index (Phi) is 7.64. The zero-order valence-corrected chi connectivity index (χ0v) is 23.4. The Morgan fingerprint density at radius 1 is 1.00 bits per heavy atom. The second-order valence-corrected chi connectivity index (χ2v) is 10.9. The van der Waals surface area contributed by atoms with Crippen LogP contribution in [0.1, 0.15) is 11.1 Å². The van der Waals surface area contributed by atoms with Gasteiger partial charge in [-0.05, 0) is 38.6 Å². The van der Waals surface area contributed by atoms with Gasteiger partial charge in [0, 0.05) is 50.6 Å². The Morgan fingerprint density at radius 3 is 2.47 bits per heavy atom. The van der Waals surface area contributed by atoms with E-state index in [1.807, 2.05) is 56.3 Å². The molecular weight excluding hydrogens is 522 g/mol. The number of piperazine rings is 1. The van der Waals surface area contributed by atoms with Crippen molar-refractivity contribution in [3.63, 3.8) is 0 Å². The van der Waals surface area contributed by atoms with Gasteiger partial charge in [0.25, 0.3) is 0 Å². The molecule has 2 aromatic carbocycles. The number of benzene rings is 2. The normalized spacial score (nSPS) is 14.9. The third-order valence-corrected chi connectivity index (χ3v) is 7.96. The van der Waals surface area contributed by atoms with Gasteiger partial charge in [0.05, 0.1) is 22.5 Å². The van der Waals surface area contributed by atoms with E-state index in [0.29, 0.717) is 27.2 Å². The lowest BCUT2D eigenvalue weighted by Crippen LogP contribution is -2.44. The molecule has 0 aliphatic carbocycles. The highest BCUT2D eigenvalue weighted by Gasteiger charge is 2.22. The molecule has 11 heteroatoms. The molecule has 198 valence electrons. The van der Waals surface area contributed by atoms with Crippen LogP contribution in [0.5, 0.6) is 11.6 Å². The van der Waals surface area contributed by atoms with Crippen molar-refractivity contribution in [1.29, 1.82) is 0 Å². The van der Waals surface area contributed by atoms with Gasteiger partial charge in [0.1, 0.15) is 10.8 Å². The lowest BCUT2D eigenvalue weighted by molar-refractivity contribution is 0.313. The molecule has 0 amide bonds. The van der Waals surface area contributed by atoms with Crippen LogP contribution in [-0.2, 0) is 18.0 Å². The van der Waals surface area contributed by atoms with Gasteiger partial charge >= 0.3 is 0 Å². The summed E-state index contributed by atoms with van der Waals surface area (Å²) in [5.41, 5.74) is 4.35. The number of anilines is 2. The molecule has 1 fully saturated rings. The Labute approximate surface area is 230 Å². The highest BCUT2D eigenvalue weighted by molar-refractivity contribution is 7.86. The molecule has 1 atom stereocenters. The molecule has 3 heterocycles. The molecular formula is C27H30ClN7O2S. The summed E-state index contributed by atoms with van der Waals surface area (Å²) in [5.74, 6) is 1.01. The van der Waals surface area contributed by atoms with E-state index >= 15 is 0 Å². The Balaban J connectivity index is 1.53. The van der Waals surface area contributed by atoms with Gasteiger partial charge in [-0.3, -0.25) is 9.40 Å². The van der Waals surface area contributed by atoms with Gasteiger partial charge in [0.2, 0.25) is 11.8 Å². The SMILES string of the molecule is Cc1ccccc1-c1nc(NS(=O)c2cnn(C)c2)nc(Oc2cccc(N3CCN(C)CC3)c2Cl)c1C. The van der Waals surface area contributed by atoms with Crippen molar-refractivity contribution in [2.75, 3.05) is 42.8 Å². The molecule has 4 aromatic rings. The van der Waals surface area contributed by atoms with E-state index in [9.17, 15) is 4.21 Å². The highest BCUT2D eigenvalue weighted by atomic mass is 35.5. The monoisotopic (exact) mass is 551 g/mol. The van der Waals surface area contributed by atoms with Gasteiger partial charge in [-0.1, -0.05) is 41.9 Å². The molecule has 5 rings (SSSR count). The van der Waals surface area contributed by atoms with E-state index < -0.39 is 11.0 Å². The lowest BCUT2D eigenvalue weighted by atomic mass is 10.0. The van der Waals surface area contributed by atoms with E-state index in [1.54, 1.807) is 24.1 Å². The van der Waals surface area contributed by atoms with Crippen LogP contribution in [0.3, 0.4) is 0 Å². The highest BCUT2D eigenvalue weighted by Crippen LogP contribution is 2.39. The first-order chi connectivity index (χ1) is 18.3. The first-order valence-corrected chi connectivity index (χ1v) is 13.8. The molecule has 0 spiro atoms. The summed E-state index contributed by atoms with van der Waals surface area (Å²) < 4.78 is 23.8. The van der Waals surface area contributed by atoms with E-state index in [-0.39, 0.29) is 5.95 Å². The fourth-order valence-electron chi connectivity index (χ4n) is 4.35. The quantitative estimate of drug-likeness (QED) is 0.352. The van der Waals surface area contributed by atoms with E-state index in [1.165, 1.54) is 0 Å². The van der Waals surface area contributed by atoms with Crippen LogP contribution in [0.25, 0.3) is 11.3 Å². The van der Waals surface area contributed by atoms with Crippen LogP contribution in [0.15, 0.2) is 59.8 Å². The predicted octanol–water partition coefficient (Wildman–Crippen LogP) is 4.83. The molecule has 2 aromatic heterocycles. The average molecular weight is 552 g/mol. The maximum Gasteiger partial charge on any atom is 0.238 e. The number of aryl methyl sites for hydroxylation is 2. The van der Waals surface area contributed by atoms with Crippen LogP contribution in [0.2, 0.25) is 5.02 Å². The molecule has 38 heavy (non-hydrogen) atoms. The van der Waals surface area contributed by atoms with Crippen molar-refractivity contribution in [2.24, 2.45) is 7.05 Å². The van der Waals surface area contributed by atoms with Crippen LogP contribution in [0, 0.1) is 13.8 Å². The van der Waals surface area contributed by atoms with Gasteiger partial charge in [0.15, 0.2) is 11.0 Å². The molecule has 1 aliphatic rings. The zero-order chi connectivity index (χ0) is 26.8. The van der Waals surface area contributed by atoms with Crippen molar-refractivity contribution in [3.8, 4) is 22.9 Å². The number of halogens is 1. The largest absolute Gasteiger partial charge is 0.437 e. The Hall–Kier alpha value is -3.47. The van der Waals surface area contributed by atoms with Gasteiger partial charge in [-0.15, -0.1) is 0 Å². The number of nitrogens with zero attached hydrogens (tertiary/aromatic N) is 6. The van der Waals surface area contributed by atoms with Crippen LogP contribution in [0.4, 0.5) is 11.6 Å². The summed E-state index contributed by atoms with van der Waals surface area (Å²) in [6.45, 7) is 7.65.